The molecule has 0 unspecified atom stereocenters. The Morgan fingerprint density at radius 2 is 1.75 bits per heavy atom. The van der Waals surface area contributed by atoms with Crippen molar-refractivity contribution >= 4 is 5.97 Å². The summed E-state index contributed by atoms with van der Waals surface area (Å²) in [6, 6.07) is 14.6. The second-order valence-corrected chi connectivity index (χ2v) is 4.42. The molecule has 2 aromatic carbocycles. The first kappa shape index (κ1) is 12.5. The third kappa shape index (κ3) is 2.74. The summed E-state index contributed by atoms with van der Waals surface area (Å²) in [6.45, 7) is 1.29. The zero-order valence-corrected chi connectivity index (χ0v) is 10.9. The highest BCUT2D eigenvalue weighted by Crippen LogP contribution is 2.30. The van der Waals surface area contributed by atoms with Crippen LogP contribution in [0.2, 0.25) is 0 Å². The molecule has 0 aliphatic carbocycles. The van der Waals surface area contributed by atoms with Crippen molar-refractivity contribution in [1.29, 1.82) is 0 Å². The van der Waals surface area contributed by atoms with Crippen LogP contribution in [0.1, 0.15) is 15.9 Å². The van der Waals surface area contributed by atoms with Gasteiger partial charge in [0.05, 0.1) is 5.56 Å². The molecule has 0 amide bonds. The summed E-state index contributed by atoms with van der Waals surface area (Å²) < 4.78 is 16.1. The lowest BCUT2D eigenvalue weighted by atomic mass is 10.2. The highest BCUT2D eigenvalue weighted by atomic mass is 16.6. The fraction of sp³-hybridized carbons (Fsp3) is 0.188. The SMILES string of the molecule is O=C(OCc1ccccc1)c1ccc2c(c1)OCCO2. The van der Waals surface area contributed by atoms with Crippen LogP contribution >= 0.6 is 0 Å². The minimum atomic E-state index is -0.370. The molecule has 0 saturated heterocycles. The van der Waals surface area contributed by atoms with Gasteiger partial charge in [-0.15, -0.1) is 0 Å². The van der Waals surface area contributed by atoms with Crippen LogP contribution in [0.25, 0.3) is 0 Å². The van der Waals surface area contributed by atoms with Crippen LogP contribution in [0.4, 0.5) is 0 Å². The Morgan fingerprint density at radius 3 is 2.55 bits per heavy atom. The van der Waals surface area contributed by atoms with Crippen molar-refractivity contribution in [3.8, 4) is 11.5 Å². The van der Waals surface area contributed by atoms with E-state index in [4.69, 9.17) is 14.2 Å². The zero-order valence-electron chi connectivity index (χ0n) is 10.9. The Morgan fingerprint density at radius 1 is 1.00 bits per heavy atom. The summed E-state index contributed by atoms with van der Waals surface area (Å²) in [4.78, 5) is 12.0. The molecule has 0 spiro atoms. The summed E-state index contributed by atoms with van der Waals surface area (Å²) in [7, 11) is 0. The van der Waals surface area contributed by atoms with Crippen LogP contribution in [-0.2, 0) is 11.3 Å². The maximum absolute atomic E-state index is 12.0. The number of esters is 1. The molecular formula is C16H14O4. The van der Waals surface area contributed by atoms with Crippen molar-refractivity contribution in [2.45, 2.75) is 6.61 Å². The fourth-order valence-electron chi connectivity index (χ4n) is 1.98. The van der Waals surface area contributed by atoms with E-state index < -0.39 is 0 Å². The average molecular weight is 270 g/mol. The smallest absolute Gasteiger partial charge is 0.338 e. The Balaban J connectivity index is 1.68. The number of carbonyl (C=O) groups is 1. The van der Waals surface area contributed by atoms with E-state index >= 15 is 0 Å². The Labute approximate surface area is 116 Å². The first-order valence-corrected chi connectivity index (χ1v) is 6.43. The van der Waals surface area contributed by atoms with E-state index in [9.17, 15) is 4.79 Å². The fourth-order valence-corrected chi connectivity index (χ4v) is 1.98. The van der Waals surface area contributed by atoms with Gasteiger partial charge >= 0.3 is 5.97 Å². The molecule has 0 saturated carbocycles. The van der Waals surface area contributed by atoms with E-state index in [0.717, 1.165) is 5.56 Å². The van der Waals surface area contributed by atoms with Gasteiger partial charge in [-0.05, 0) is 23.8 Å². The molecule has 0 bridgehead atoms. The number of hydrogen-bond donors (Lipinski definition) is 0. The van der Waals surface area contributed by atoms with E-state index in [2.05, 4.69) is 0 Å². The minimum absolute atomic E-state index is 0.258. The molecule has 0 radical (unpaired) electrons. The van der Waals surface area contributed by atoms with Gasteiger partial charge in [0.2, 0.25) is 0 Å². The molecule has 4 nitrogen and oxygen atoms in total. The lowest BCUT2D eigenvalue weighted by Crippen LogP contribution is -2.16. The van der Waals surface area contributed by atoms with Crippen LogP contribution in [0, 0.1) is 0 Å². The molecule has 1 heterocycles. The van der Waals surface area contributed by atoms with Crippen molar-refractivity contribution in [1.82, 2.24) is 0 Å². The Kier molecular flexibility index (Phi) is 3.54. The van der Waals surface area contributed by atoms with Crippen molar-refractivity contribution in [3.05, 3.63) is 59.7 Å². The number of ether oxygens (including phenoxy) is 3. The van der Waals surface area contributed by atoms with Gasteiger partial charge in [-0.3, -0.25) is 0 Å². The molecule has 102 valence electrons. The molecule has 0 atom stereocenters. The van der Waals surface area contributed by atoms with Crippen molar-refractivity contribution < 1.29 is 19.0 Å². The summed E-state index contributed by atoms with van der Waals surface area (Å²) >= 11 is 0. The molecule has 1 aliphatic rings. The third-order valence-corrected chi connectivity index (χ3v) is 2.99. The molecule has 0 fully saturated rings. The Hall–Kier alpha value is -2.49. The van der Waals surface area contributed by atoms with Crippen LogP contribution in [0.5, 0.6) is 11.5 Å². The van der Waals surface area contributed by atoms with Crippen LogP contribution in [0.3, 0.4) is 0 Å². The van der Waals surface area contributed by atoms with Crippen molar-refractivity contribution in [3.63, 3.8) is 0 Å². The van der Waals surface area contributed by atoms with Gasteiger partial charge in [0.25, 0.3) is 0 Å². The van der Waals surface area contributed by atoms with Gasteiger partial charge in [-0.1, -0.05) is 30.3 Å². The quantitative estimate of drug-likeness (QED) is 0.804. The van der Waals surface area contributed by atoms with E-state index in [1.54, 1.807) is 18.2 Å². The number of hydrogen-bond acceptors (Lipinski definition) is 4. The van der Waals surface area contributed by atoms with Gasteiger partial charge in [0.1, 0.15) is 19.8 Å². The second-order valence-electron chi connectivity index (χ2n) is 4.42. The minimum Gasteiger partial charge on any atom is -0.486 e. The van der Waals surface area contributed by atoms with Crippen LogP contribution in [0.15, 0.2) is 48.5 Å². The average Bonchev–Trinajstić information content (AvgIpc) is 2.53. The van der Waals surface area contributed by atoms with E-state index in [1.165, 1.54) is 0 Å². The summed E-state index contributed by atoms with van der Waals surface area (Å²) in [5.74, 6) is 0.882. The van der Waals surface area contributed by atoms with Gasteiger partial charge in [0.15, 0.2) is 11.5 Å². The predicted octanol–water partition coefficient (Wildman–Crippen LogP) is 2.81. The standard InChI is InChI=1S/C16H14O4/c17-16(20-11-12-4-2-1-3-5-12)13-6-7-14-15(10-13)19-9-8-18-14/h1-7,10H,8-9,11H2. The van der Waals surface area contributed by atoms with E-state index in [1.807, 2.05) is 30.3 Å². The largest absolute Gasteiger partial charge is 0.486 e. The first-order chi connectivity index (χ1) is 9.83. The monoisotopic (exact) mass is 270 g/mol. The molecule has 1 aliphatic heterocycles. The number of carbonyl (C=O) groups excluding carboxylic acids is 1. The van der Waals surface area contributed by atoms with Gasteiger partial charge in [-0.2, -0.15) is 0 Å². The molecule has 20 heavy (non-hydrogen) atoms. The van der Waals surface area contributed by atoms with E-state index in [-0.39, 0.29) is 12.6 Å². The lowest BCUT2D eigenvalue weighted by molar-refractivity contribution is 0.0471. The molecule has 4 heteroatoms. The maximum atomic E-state index is 12.0. The summed E-state index contributed by atoms with van der Waals surface area (Å²) in [6.07, 6.45) is 0. The topological polar surface area (TPSA) is 44.8 Å². The molecule has 3 rings (SSSR count). The van der Waals surface area contributed by atoms with Crippen LogP contribution in [-0.4, -0.2) is 19.2 Å². The van der Waals surface area contributed by atoms with Gasteiger partial charge < -0.3 is 14.2 Å². The van der Waals surface area contributed by atoms with E-state index in [0.29, 0.717) is 30.3 Å². The van der Waals surface area contributed by atoms with Gasteiger partial charge in [-0.25, -0.2) is 4.79 Å². The predicted molar refractivity (Wildman–Crippen MR) is 73.0 cm³/mol. The zero-order chi connectivity index (χ0) is 13.8. The number of rotatable bonds is 3. The maximum Gasteiger partial charge on any atom is 0.338 e. The lowest BCUT2D eigenvalue weighted by Gasteiger charge is -2.18. The highest BCUT2D eigenvalue weighted by molar-refractivity contribution is 5.90. The third-order valence-electron chi connectivity index (χ3n) is 2.99. The van der Waals surface area contributed by atoms with Gasteiger partial charge in [0, 0.05) is 0 Å². The summed E-state index contributed by atoms with van der Waals surface area (Å²) in [5, 5.41) is 0. The van der Waals surface area contributed by atoms with Crippen molar-refractivity contribution in [2.75, 3.05) is 13.2 Å². The van der Waals surface area contributed by atoms with Crippen molar-refractivity contribution in [2.24, 2.45) is 0 Å². The van der Waals surface area contributed by atoms with Crippen LogP contribution < -0.4 is 9.47 Å². The molecule has 2 aromatic rings. The Bertz CT molecular complexity index is 607. The number of fused-ring (bicyclic) bond motifs is 1. The highest BCUT2D eigenvalue weighted by Gasteiger charge is 2.15. The molecule has 0 N–H and O–H groups in total. The first-order valence-electron chi connectivity index (χ1n) is 6.43. The normalized spacial score (nSPS) is 12.8. The molecule has 0 aromatic heterocycles. The number of benzene rings is 2. The summed E-state index contributed by atoms with van der Waals surface area (Å²) in [5.41, 5.74) is 1.42. The molecular weight excluding hydrogens is 256 g/mol. The second kappa shape index (κ2) is 5.65.